The molecule has 0 aliphatic carbocycles. The van der Waals surface area contributed by atoms with Gasteiger partial charge in [-0.1, -0.05) is 30.3 Å². The van der Waals surface area contributed by atoms with Crippen LogP contribution in [0.5, 0.6) is 0 Å². The monoisotopic (exact) mass is 185 g/mol. The average Bonchev–Trinajstić information content (AvgIpc) is 2.04. The predicted octanol–water partition coefficient (Wildman–Crippen LogP) is 2.38. The van der Waals surface area contributed by atoms with E-state index in [4.69, 9.17) is 5.73 Å². The molecule has 0 heterocycles. The number of nitrogens with two attached hydrogens (primary N) is 1. The lowest BCUT2D eigenvalue weighted by Gasteiger charge is -2.19. The number of rotatable bonds is 3. The highest BCUT2D eigenvalue weighted by Gasteiger charge is 2.25. The van der Waals surface area contributed by atoms with Crippen molar-refractivity contribution in [1.82, 2.24) is 0 Å². The lowest BCUT2D eigenvalue weighted by molar-refractivity contribution is 0.105. The Labute approximate surface area is 76.6 Å². The van der Waals surface area contributed by atoms with E-state index >= 15 is 0 Å². The molecule has 0 amide bonds. The summed E-state index contributed by atoms with van der Waals surface area (Å²) < 4.78 is 25.1. The Kier molecular flexibility index (Phi) is 3.37. The second kappa shape index (κ2) is 4.33. The zero-order valence-corrected chi connectivity index (χ0v) is 7.45. The quantitative estimate of drug-likeness (QED) is 0.768. The highest BCUT2D eigenvalue weighted by atomic mass is 19.3. The van der Waals surface area contributed by atoms with Crippen LogP contribution in [-0.2, 0) is 0 Å². The molecular formula is C10H13F2N. The first-order valence-electron chi connectivity index (χ1n) is 4.21. The van der Waals surface area contributed by atoms with E-state index in [1.807, 2.05) is 0 Å². The maximum absolute atomic E-state index is 12.6. The molecule has 0 saturated heterocycles. The van der Waals surface area contributed by atoms with Crippen molar-refractivity contribution in [3.8, 4) is 0 Å². The third-order valence-corrected chi connectivity index (χ3v) is 2.02. The summed E-state index contributed by atoms with van der Waals surface area (Å²) in [7, 11) is 0. The van der Waals surface area contributed by atoms with E-state index in [-0.39, 0.29) is 0 Å². The van der Waals surface area contributed by atoms with Gasteiger partial charge in [0.1, 0.15) is 0 Å². The third-order valence-electron chi connectivity index (χ3n) is 2.02. The van der Waals surface area contributed by atoms with Crippen LogP contribution in [0.4, 0.5) is 8.78 Å². The molecule has 2 atom stereocenters. The molecule has 0 aliphatic heterocycles. The van der Waals surface area contributed by atoms with Crippen LogP contribution < -0.4 is 5.73 Å². The van der Waals surface area contributed by atoms with E-state index in [2.05, 4.69) is 0 Å². The minimum absolute atomic E-state index is 0.526. The zero-order chi connectivity index (χ0) is 9.84. The fraction of sp³-hybridized carbons (Fsp3) is 0.400. The normalized spacial score (nSPS) is 15.8. The Morgan fingerprint density at radius 2 is 1.69 bits per heavy atom. The highest BCUT2D eigenvalue weighted by Crippen LogP contribution is 2.25. The standard InChI is InChI=1S/C10H13F2N/c1-7(13)9(10(11)12)8-5-3-2-4-6-8/h2-7,9-10H,13H2,1H3. The summed E-state index contributed by atoms with van der Waals surface area (Å²) in [5.74, 6) is -0.860. The number of hydrogen-bond acceptors (Lipinski definition) is 1. The summed E-state index contributed by atoms with van der Waals surface area (Å²) in [6.45, 7) is 1.60. The minimum Gasteiger partial charge on any atom is -0.327 e. The van der Waals surface area contributed by atoms with Crippen LogP contribution in [0.3, 0.4) is 0 Å². The number of halogens is 2. The van der Waals surface area contributed by atoms with Gasteiger partial charge in [0.25, 0.3) is 0 Å². The van der Waals surface area contributed by atoms with Crippen molar-refractivity contribution in [3.05, 3.63) is 35.9 Å². The number of alkyl halides is 2. The van der Waals surface area contributed by atoms with Crippen molar-refractivity contribution in [1.29, 1.82) is 0 Å². The van der Waals surface area contributed by atoms with Crippen LogP contribution in [0.2, 0.25) is 0 Å². The maximum atomic E-state index is 12.6. The number of hydrogen-bond donors (Lipinski definition) is 1. The van der Waals surface area contributed by atoms with Gasteiger partial charge in [0.15, 0.2) is 0 Å². The molecule has 72 valence electrons. The van der Waals surface area contributed by atoms with Crippen LogP contribution in [0, 0.1) is 0 Å². The molecular weight excluding hydrogens is 172 g/mol. The maximum Gasteiger partial charge on any atom is 0.246 e. The first kappa shape index (κ1) is 10.1. The Morgan fingerprint density at radius 1 is 1.15 bits per heavy atom. The molecule has 1 rings (SSSR count). The van der Waals surface area contributed by atoms with Gasteiger partial charge >= 0.3 is 0 Å². The van der Waals surface area contributed by atoms with Gasteiger partial charge in [-0.25, -0.2) is 8.78 Å². The van der Waals surface area contributed by atoms with Gasteiger partial charge in [-0.3, -0.25) is 0 Å². The second-order valence-electron chi connectivity index (χ2n) is 3.13. The van der Waals surface area contributed by atoms with Crippen LogP contribution in [0.1, 0.15) is 18.4 Å². The molecule has 0 aliphatic rings. The first-order valence-corrected chi connectivity index (χ1v) is 4.21. The average molecular weight is 185 g/mol. The Morgan fingerprint density at radius 3 is 2.08 bits per heavy atom. The molecule has 1 nitrogen and oxygen atoms in total. The van der Waals surface area contributed by atoms with Crippen molar-refractivity contribution in [2.75, 3.05) is 0 Å². The van der Waals surface area contributed by atoms with Gasteiger partial charge < -0.3 is 5.73 Å². The van der Waals surface area contributed by atoms with Gasteiger partial charge in [0.2, 0.25) is 6.43 Å². The number of benzene rings is 1. The van der Waals surface area contributed by atoms with Gasteiger partial charge in [0, 0.05) is 6.04 Å². The zero-order valence-electron chi connectivity index (χ0n) is 7.45. The van der Waals surface area contributed by atoms with Gasteiger partial charge in [-0.15, -0.1) is 0 Å². The van der Waals surface area contributed by atoms with Crippen molar-refractivity contribution < 1.29 is 8.78 Å². The van der Waals surface area contributed by atoms with Gasteiger partial charge in [-0.2, -0.15) is 0 Å². The summed E-state index contributed by atoms with van der Waals surface area (Å²) in [4.78, 5) is 0. The molecule has 0 aromatic heterocycles. The van der Waals surface area contributed by atoms with Crippen LogP contribution in [-0.4, -0.2) is 12.5 Å². The summed E-state index contributed by atoms with van der Waals surface area (Å²) in [6.07, 6.45) is -2.40. The van der Waals surface area contributed by atoms with E-state index < -0.39 is 18.4 Å². The largest absolute Gasteiger partial charge is 0.327 e. The molecule has 0 spiro atoms. The minimum atomic E-state index is -2.40. The van der Waals surface area contributed by atoms with Crippen LogP contribution >= 0.6 is 0 Å². The van der Waals surface area contributed by atoms with Crippen LogP contribution in [0.15, 0.2) is 30.3 Å². The molecule has 1 aromatic rings. The Balaban J connectivity index is 2.89. The summed E-state index contributed by atoms with van der Waals surface area (Å²) in [6, 6.07) is 8.12. The van der Waals surface area contributed by atoms with E-state index in [9.17, 15) is 8.78 Å². The van der Waals surface area contributed by atoms with Crippen molar-refractivity contribution in [2.45, 2.75) is 25.3 Å². The molecule has 3 heteroatoms. The summed E-state index contributed by atoms with van der Waals surface area (Å²) >= 11 is 0. The molecule has 2 N–H and O–H groups in total. The molecule has 0 fully saturated rings. The van der Waals surface area contributed by atoms with Crippen molar-refractivity contribution in [2.24, 2.45) is 5.73 Å². The van der Waals surface area contributed by atoms with Crippen molar-refractivity contribution in [3.63, 3.8) is 0 Å². The van der Waals surface area contributed by atoms with E-state index in [1.54, 1.807) is 37.3 Å². The fourth-order valence-corrected chi connectivity index (χ4v) is 1.35. The summed E-state index contributed by atoms with van der Waals surface area (Å²) in [5.41, 5.74) is 6.09. The topological polar surface area (TPSA) is 26.0 Å². The van der Waals surface area contributed by atoms with E-state index in [0.29, 0.717) is 5.56 Å². The Bertz CT molecular complexity index is 238. The molecule has 1 aromatic carbocycles. The lowest BCUT2D eigenvalue weighted by Crippen LogP contribution is -2.29. The van der Waals surface area contributed by atoms with E-state index in [1.165, 1.54) is 0 Å². The molecule has 13 heavy (non-hydrogen) atoms. The fourth-order valence-electron chi connectivity index (χ4n) is 1.35. The Hall–Kier alpha value is -0.960. The van der Waals surface area contributed by atoms with E-state index in [0.717, 1.165) is 0 Å². The highest BCUT2D eigenvalue weighted by molar-refractivity contribution is 5.21. The SMILES string of the molecule is CC(N)C(c1ccccc1)C(F)F. The van der Waals surface area contributed by atoms with Gasteiger partial charge in [-0.05, 0) is 12.5 Å². The summed E-state index contributed by atoms with van der Waals surface area (Å²) in [5, 5.41) is 0. The lowest BCUT2D eigenvalue weighted by atomic mass is 9.93. The molecule has 0 saturated carbocycles. The molecule has 0 radical (unpaired) electrons. The first-order chi connectivity index (χ1) is 6.13. The molecule has 0 bridgehead atoms. The van der Waals surface area contributed by atoms with Crippen molar-refractivity contribution >= 4 is 0 Å². The van der Waals surface area contributed by atoms with Gasteiger partial charge in [0.05, 0.1) is 5.92 Å². The second-order valence-corrected chi connectivity index (χ2v) is 3.13. The predicted molar refractivity (Wildman–Crippen MR) is 48.8 cm³/mol. The van der Waals surface area contributed by atoms with Crippen LogP contribution in [0.25, 0.3) is 0 Å². The third kappa shape index (κ3) is 2.49. The molecule has 2 unspecified atom stereocenters. The smallest absolute Gasteiger partial charge is 0.246 e.